The predicted octanol–water partition coefficient (Wildman–Crippen LogP) is 1.81. The molecule has 108 valence electrons. The summed E-state index contributed by atoms with van der Waals surface area (Å²) in [5.74, 6) is -0.296. The Morgan fingerprint density at radius 2 is 2.05 bits per heavy atom. The van der Waals surface area contributed by atoms with E-state index in [-0.39, 0.29) is 24.2 Å². The van der Waals surface area contributed by atoms with Gasteiger partial charge in [0, 0.05) is 18.7 Å². The number of likely N-dealkylation sites (tertiary alicyclic amines) is 1. The third kappa shape index (κ3) is 3.79. The SMILES string of the molecule is CC1CCCN(C(=O)CNC(=O)c2ccc(F)cc2)C1. The molecule has 1 atom stereocenters. The van der Waals surface area contributed by atoms with E-state index in [0.717, 1.165) is 25.9 Å². The molecule has 0 aliphatic carbocycles. The lowest BCUT2D eigenvalue weighted by Gasteiger charge is -2.31. The van der Waals surface area contributed by atoms with Crippen molar-refractivity contribution in [2.24, 2.45) is 5.92 Å². The van der Waals surface area contributed by atoms with Crippen LogP contribution in [0.25, 0.3) is 0 Å². The summed E-state index contributed by atoms with van der Waals surface area (Å²) in [7, 11) is 0. The average molecular weight is 278 g/mol. The van der Waals surface area contributed by atoms with Gasteiger partial charge in [-0.2, -0.15) is 0 Å². The highest BCUT2D eigenvalue weighted by Gasteiger charge is 2.21. The number of nitrogens with one attached hydrogen (secondary N) is 1. The number of hydrogen-bond donors (Lipinski definition) is 1. The molecule has 1 aliphatic rings. The Hall–Kier alpha value is -1.91. The van der Waals surface area contributed by atoms with Crippen molar-refractivity contribution in [2.75, 3.05) is 19.6 Å². The summed E-state index contributed by atoms with van der Waals surface area (Å²) in [6.45, 7) is 3.63. The van der Waals surface area contributed by atoms with Crippen LogP contribution in [-0.2, 0) is 4.79 Å². The number of piperidine rings is 1. The lowest BCUT2D eigenvalue weighted by atomic mass is 10.0. The molecule has 2 rings (SSSR count). The largest absolute Gasteiger partial charge is 0.343 e. The standard InChI is InChI=1S/C15H19FN2O2/c1-11-3-2-8-18(10-11)14(19)9-17-15(20)12-4-6-13(16)7-5-12/h4-7,11H,2-3,8-10H2,1H3,(H,17,20). The van der Waals surface area contributed by atoms with Gasteiger partial charge in [-0.3, -0.25) is 9.59 Å². The smallest absolute Gasteiger partial charge is 0.251 e. The first-order chi connectivity index (χ1) is 9.56. The van der Waals surface area contributed by atoms with E-state index in [1.165, 1.54) is 24.3 Å². The van der Waals surface area contributed by atoms with E-state index in [4.69, 9.17) is 0 Å². The van der Waals surface area contributed by atoms with Gasteiger partial charge >= 0.3 is 0 Å². The Kier molecular flexibility index (Phi) is 4.71. The van der Waals surface area contributed by atoms with Crippen molar-refractivity contribution in [3.05, 3.63) is 35.6 Å². The minimum atomic E-state index is -0.389. The van der Waals surface area contributed by atoms with Crippen molar-refractivity contribution in [3.8, 4) is 0 Å². The first-order valence-electron chi connectivity index (χ1n) is 6.88. The Bertz CT molecular complexity index is 487. The first kappa shape index (κ1) is 14.5. The Morgan fingerprint density at radius 3 is 2.70 bits per heavy atom. The van der Waals surface area contributed by atoms with Crippen LogP contribution in [0.15, 0.2) is 24.3 Å². The third-order valence-electron chi connectivity index (χ3n) is 3.52. The zero-order chi connectivity index (χ0) is 14.5. The molecule has 0 radical (unpaired) electrons. The minimum absolute atomic E-state index is 0.0110. The molecule has 1 aromatic rings. The number of carbonyl (C=O) groups excluding carboxylic acids is 2. The van der Waals surface area contributed by atoms with Crippen molar-refractivity contribution < 1.29 is 14.0 Å². The van der Waals surface area contributed by atoms with E-state index in [9.17, 15) is 14.0 Å². The molecule has 1 saturated heterocycles. The van der Waals surface area contributed by atoms with Crippen molar-refractivity contribution in [3.63, 3.8) is 0 Å². The van der Waals surface area contributed by atoms with Gasteiger partial charge in [0.05, 0.1) is 6.54 Å². The van der Waals surface area contributed by atoms with E-state index in [0.29, 0.717) is 11.5 Å². The molecule has 1 fully saturated rings. The van der Waals surface area contributed by atoms with E-state index >= 15 is 0 Å². The lowest BCUT2D eigenvalue weighted by Crippen LogP contribution is -2.44. The lowest BCUT2D eigenvalue weighted by molar-refractivity contribution is -0.131. The summed E-state index contributed by atoms with van der Waals surface area (Å²) in [5.41, 5.74) is 0.353. The van der Waals surface area contributed by atoms with E-state index < -0.39 is 0 Å². The maximum Gasteiger partial charge on any atom is 0.251 e. The van der Waals surface area contributed by atoms with E-state index in [1.54, 1.807) is 4.90 Å². The maximum atomic E-state index is 12.8. The van der Waals surface area contributed by atoms with Crippen molar-refractivity contribution in [1.82, 2.24) is 10.2 Å². The Balaban J connectivity index is 1.83. The molecule has 1 N–H and O–H groups in total. The van der Waals surface area contributed by atoms with Crippen LogP contribution in [0.3, 0.4) is 0 Å². The van der Waals surface area contributed by atoms with Crippen molar-refractivity contribution in [2.45, 2.75) is 19.8 Å². The Labute approximate surface area is 118 Å². The van der Waals surface area contributed by atoms with Crippen LogP contribution in [0.4, 0.5) is 4.39 Å². The summed E-state index contributed by atoms with van der Waals surface area (Å²) in [4.78, 5) is 25.6. The molecule has 4 nitrogen and oxygen atoms in total. The number of amides is 2. The van der Waals surface area contributed by atoms with Gasteiger partial charge < -0.3 is 10.2 Å². The van der Waals surface area contributed by atoms with Crippen LogP contribution >= 0.6 is 0 Å². The number of rotatable bonds is 3. The molecule has 0 saturated carbocycles. The quantitative estimate of drug-likeness (QED) is 0.916. The van der Waals surface area contributed by atoms with Gasteiger partial charge in [-0.1, -0.05) is 6.92 Å². The highest BCUT2D eigenvalue weighted by molar-refractivity contribution is 5.96. The van der Waals surface area contributed by atoms with Gasteiger partial charge in [-0.15, -0.1) is 0 Å². The number of benzene rings is 1. The molecule has 0 spiro atoms. The number of hydrogen-bond acceptors (Lipinski definition) is 2. The summed E-state index contributed by atoms with van der Waals surface area (Å²) < 4.78 is 12.8. The van der Waals surface area contributed by atoms with Gasteiger partial charge in [0.25, 0.3) is 5.91 Å². The molecular weight excluding hydrogens is 259 g/mol. The van der Waals surface area contributed by atoms with Gasteiger partial charge in [-0.25, -0.2) is 4.39 Å². The molecule has 1 aromatic carbocycles. The maximum absolute atomic E-state index is 12.8. The molecule has 1 unspecified atom stereocenters. The van der Waals surface area contributed by atoms with E-state index in [2.05, 4.69) is 12.2 Å². The minimum Gasteiger partial charge on any atom is -0.343 e. The Morgan fingerprint density at radius 1 is 1.35 bits per heavy atom. The third-order valence-corrected chi connectivity index (χ3v) is 3.52. The van der Waals surface area contributed by atoms with Crippen LogP contribution in [-0.4, -0.2) is 36.3 Å². The fourth-order valence-electron chi connectivity index (χ4n) is 2.39. The number of halogens is 1. The van der Waals surface area contributed by atoms with Crippen LogP contribution in [0.2, 0.25) is 0 Å². The van der Waals surface area contributed by atoms with Crippen molar-refractivity contribution >= 4 is 11.8 Å². The second-order valence-corrected chi connectivity index (χ2v) is 5.28. The topological polar surface area (TPSA) is 49.4 Å². The average Bonchev–Trinajstić information content (AvgIpc) is 2.45. The van der Waals surface area contributed by atoms with Crippen LogP contribution < -0.4 is 5.32 Å². The summed E-state index contributed by atoms with van der Waals surface area (Å²) in [6, 6.07) is 5.25. The predicted molar refractivity (Wildman–Crippen MR) is 73.7 cm³/mol. The number of nitrogens with zero attached hydrogens (tertiary/aromatic N) is 1. The first-order valence-corrected chi connectivity index (χ1v) is 6.88. The fourth-order valence-corrected chi connectivity index (χ4v) is 2.39. The molecule has 0 bridgehead atoms. The van der Waals surface area contributed by atoms with Gasteiger partial charge in [0.2, 0.25) is 5.91 Å². The van der Waals surface area contributed by atoms with Gasteiger partial charge in [0.15, 0.2) is 0 Å². The van der Waals surface area contributed by atoms with Crippen LogP contribution in [0, 0.1) is 11.7 Å². The molecule has 20 heavy (non-hydrogen) atoms. The zero-order valence-corrected chi connectivity index (χ0v) is 11.6. The highest BCUT2D eigenvalue weighted by Crippen LogP contribution is 2.15. The summed E-state index contributed by atoms with van der Waals surface area (Å²) >= 11 is 0. The summed E-state index contributed by atoms with van der Waals surface area (Å²) in [5, 5.41) is 2.58. The van der Waals surface area contributed by atoms with Crippen LogP contribution in [0.5, 0.6) is 0 Å². The molecule has 5 heteroatoms. The van der Waals surface area contributed by atoms with Crippen molar-refractivity contribution in [1.29, 1.82) is 0 Å². The molecule has 1 aliphatic heterocycles. The molecule has 2 amide bonds. The zero-order valence-electron chi connectivity index (χ0n) is 11.6. The molecule has 0 aromatic heterocycles. The monoisotopic (exact) mass is 278 g/mol. The molecular formula is C15H19FN2O2. The second kappa shape index (κ2) is 6.50. The highest BCUT2D eigenvalue weighted by atomic mass is 19.1. The normalized spacial score (nSPS) is 18.7. The molecule has 1 heterocycles. The second-order valence-electron chi connectivity index (χ2n) is 5.28. The fraction of sp³-hybridized carbons (Fsp3) is 0.467. The number of carbonyl (C=O) groups is 2. The summed E-state index contributed by atoms with van der Waals surface area (Å²) in [6.07, 6.45) is 2.16. The van der Waals surface area contributed by atoms with Gasteiger partial charge in [-0.05, 0) is 43.0 Å². The van der Waals surface area contributed by atoms with Gasteiger partial charge in [0.1, 0.15) is 5.82 Å². The van der Waals surface area contributed by atoms with Crippen LogP contribution in [0.1, 0.15) is 30.1 Å². The van der Waals surface area contributed by atoms with E-state index in [1.807, 2.05) is 0 Å².